The van der Waals surface area contributed by atoms with Crippen molar-refractivity contribution >= 4 is 39.8 Å². The SMILES string of the molecule is CCN(CC)Cc1ccc(N=Cc2cc(Br)cc(OC(=O)c3ccc(C)cc3)c2OC(=O)C(C)C)cc1. The van der Waals surface area contributed by atoms with Crippen LogP contribution in [0.5, 0.6) is 11.5 Å². The van der Waals surface area contributed by atoms with E-state index in [4.69, 9.17) is 9.47 Å². The molecule has 0 bridgehead atoms. The lowest BCUT2D eigenvalue weighted by Crippen LogP contribution is -2.21. The first kappa shape index (κ1) is 28.3. The molecule has 6 nitrogen and oxygen atoms in total. The third kappa shape index (κ3) is 8.10. The van der Waals surface area contributed by atoms with Gasteiger partial charge in [0.15, 0.2) is 11.5 Å². The van der Waals surface area contributed by atoms with Crippen molar-refractivity contribution in [1.82, 2.24) is 4.90 Å². The highest BCUT2D eigenvalue weighted by atomic mass is 79.9. The average Bonchev–Trinajstić information content (AvgIpc) is 2.88. The third-order valence-corrected chi connectivity index (χ3v) is 6.26. The number of aryl methyl sites for hydroxylation is 1. The number of carbonyl (C=O) groups excluding carboxylic acids is 2. The number of halogens is 1. The Morgan fingerprint density at radius 3 is 2.22 bits per heavy atom. The molecule has 0 fully saturated rings. The van der Waals surface area contributed by atoms with Gasteiger partial charge in [-0.2, -0.15) is 0 Å². The van der Waals surface area contributed by atoms with Crippen LogP contribution >= 0.6 is 15.9 Å². The highest BCUT2D eigenvalue weighted by molar-refractivity contribution is 9.10. The molecule has 0 saturated carbocycles. The summed E-state index contributed by atoms with van der Waals surface area (Å²) in [5.74, 6) is -1.08. The van der Waals surface area contributed by atoms with E-state index in [2.05, 4.69) is 51.8 Å². The van der Waals surface area contributed by atoms with Gasteiger partial charge in [0.25, 0.3) is 0 Å². The molecule has 0 aliphatic heterocycles. The van der Waals surface area contributed by atoms with Crippen molar-refractivity contribution in [3.63, 3.8) is 0 Å². The van der Waals surface area contributed by atoms with E-state index in [1.54, 1.807) is 44.3 Å². The van der Waals surface area contributed by atoms with Crippen LogP contribution in [0.25, 0.3) is 0 Å². The Kier molecular flexibility index (Phi) is 10.2. The fourth-order valence-electron chi connectivity index (χ4n) is 3.47. The number of ether oxygens (including phenoxy) is 2. The standard InChI is InChI=1S/C30H33BrN2O4/c1-6-33(7-2)19-22-10-14-26(15-11-22)32-18-24-16-25(31)17-27(28(24)37-29(34)20(3)4)36-30(35)23-12-8-21(5)9-13-23/h8-18,20H,6-7,19H2,1-5H3. The number of nitrogens with zero attached hydrogens (tertiary/aromatic N) is 2. The van der Waals surface area contributed by atoms with E-state index in [1.807, 2.05) is 31.2 Å². The molecule has 0 atom stereocenters. The Morgan fingerprint density at radius 1 is 0.973 bits per heavy atom. The molecule has 0 radical (unpaired) electrons. The minimum absolute atomic E-state index is 0.130. The maximum Gasteiger partial charge on any atom is 0.343 e. The summed E-state index contributed by atoms with van der Waals surface area (Å²) in [4.78, 5) is 32.3. The molecular formula is C30H33BrN2O4. The molecule has 0 aromatic heterocycles. The second-order valence-electron chi connectivity index (χ2n) is 9.04. The van der Waals surface area contributed by atoms with Crippen molar-refractivity contribution < 1.29 is 19.1 Å². The number of rotatable bonds is 10. The smallest absolute Gasteiger partial charge is 0.343 e. The molecule has 3 aromatic rings. The number of esters is 2. The second kappa shape index (κ2) is 13.3. The van der Waals surface area contributed by atoms with Crippen molar-refractivity contribution in [1.29, 1.82) is 0 Å². The van der Waals surface area contributed by atoms with Crippen LogP contribution in [0.15, 0.2) is 70.1 Å². The maximum absolute atomic E-state index is 12.8. The van der Waals surface area contributed by atoms with Gasteiger partial charge in [-0.1, -0.05) is 73.5 Å². The van der Waals surface area contributed by atoms with Crippen LogP contribution in [0.2, 0.25) is 0 Å². The van der Waals surface area contributed by atoms with Crippen molar-refractivity contribution in [2.24, 2.45) is 10.9 Å². The topological polar surface area (TPSA) is 68.2 Å². The van der Waals surface area contributed by atoms with Crippen molar-refractivity contribution in [2.45, 2.75) is 41.2 Å². The van der Waals surface area contributed by atoms with Crippen molar-refractivity contribution in [3.8, 4) is 11.5 Å². The van der Waals surface area contributed by atoms with E-state index in [0.29, 0.717) is 15.6 Å². The summed E-state index contributed by atoms with van der Waals surface area (Å²) in [7, 11) is 0. The summed E-state index contributed by atoms with van der Waals surface area (Å²) >= 11 is 3.47. The summed E-state index contributed by atoms with van der Waals surface area (Å²) < 4.78 is 12.0. The predicted octanol–water partition coefficient (Wildman–Crippen LogP) is 7.13. The van der Waals surface area contributed by atoms with Gasteiger partial charge in [-0.05, 0) is 62.0 Å². The third-order valence-electron chi connectivity index (χ3n) is 5.80. The molecule has 194 valence electrons. The molecule has 0 spiro atoms. The number of benzene rings is 3. The summed E-state index contributed by atoms with van der Waals surface area (Å²) in [6.45, 7) is 12.6. The van der Waals surface area contributed by atoms with Crippen LogP contribution in [0.3, 0.4) is 0 Å². The molecule has 3 aromatic carbocycles. The fraction of sp³-hybridized carbons (Fsp3) is 0.300. The molecule has 0 heterocycles. The van der Waals surface area contributed by atoms with Crippen molar-refractivity contribution in [3.05, 3.63) is 87.4 Å². The molecule has 0 N–H and O–H groups in total. The first-order valence-electron chi connectivity index (χ1n) is 12.4. The van der Waals surface area contributed by atoms with Gasteiger partial charge in [-0.25, -0.2) is 4.79 Å². The van der Waals surface area contributed by atoms with Gasteiger partial charge in [-0.15, -0.1) is 0 Å². The van der Waals surface area contributed by atoms with Gasteiger partial charge in [0.05, 0.1) is 17.2 Å². The minimum Gasteiger partial charge on any atom is -0.422 e. The van der Waals surface area contributed by atoms with Crippen LogP contribution in [-0.2, 0) is 11.3 Å². The van der Waals surface area contributed by atoms with Gasteiger partial charge in [0, 0.05) is 22.8 Å². The molecular weight excluding hydrogens is 532 g/mol. The lowest BCUT2D eigenvalue weighted by Gasteiger charge is -2.17. The van der Waals surface area contributed by atoms with Crippen LogP contribution in [-0.4, -0.2) is 36.1 Å². The monoisotopic (exact) mass is 564 g/mol. The first-order chi connectivity index (χ1) is 17.7. The summed E-state index contributed by atoms with van der Waals surface area (Å²) in [6, 6.07) is 18.4. The van der Waals surface area contributed by atoms with E-state index >= 15 is 0 Å². The Hall–Kier alpha value is -3.29. The van der Waals surface area contributed by atoms with E-state index in [9.17, 15) is 9.59 Å². The number of carbonyl (C=O) groups is 2. The van der Waals surface area contributed by atoms with Gasteiger partial charge in [-0.3, -0.25) is 14.7 Å². The molecule has 0 unspecified atom stereocenters. The predicted molar refractivity (Wildman–Crippen MR) is 151 cm³/mol. The van der Waals surface area contributed by atoms with Crippen LogP contribution in [0, 0.1) is 12.8 Å². The zero-order valence-electron chi connectivity index (χ0n) is 22.0. The highest BCUT2D eigenvalue weighted by Gasteiger charge is 2.21. The Morgan fingerprint density at radius 2 is 1.62 bits per heavy atom. The molecule has 37 heavy (non-hydrogen) atoms. The van der Waals surface area contributed by atoms with Gasteiger partial charge >= 0.3 is 11.9 Å². The van der Waals surface area contributed by atoms with Gasteiger partial charge in [0.2, 0.25) is 0 Å². The molecule has 0 aliphatic rings. The normalized spacial score (nSPS) is 11.4. The average molecular weight is 566 g/mol. The van der Waals surface area contributed by atoms with E-state index in [0.717, 1.165) is 30.9 Å². The first-order valence-corrected chi connectivity index (χ1v) is 13.2. The largest absolute Gasteiger partial charge is 0.422 e. The molecule has 0 aliphatic carbocycles. The van der Waals surface area contributed by atoms with Crippen LogP contribution in [0.4, 0.5) is 5.69 Å². The number of hydrogen-bond acceptors (Lipinski definition) is 6. The van der Waals surface area contributed by atoms with Gasteiger partial charge < -0.3 is 9.47 Å². The molecule has 7 heteroatoms. The van der Waals surface area contributed by atoms with Gasteiger partial charge in [0.1, 0.15) is 0 Å². The zero-order valence-corrected chi connectivity index (χ0v) is 23.5. The molecule has 3 rings (SSSR count). The number of aliphatic imine (C=N–C) groups is 1. The van der Waals surface area contributed by atoms with Crippen molar-refractivity contribution in [2.75, 3.05) is 13.1 Å². The Bertz CT molecular complexity index is 1250. The lowest BCUT2D eigenvalue weighted by molar-refractivity contribution is -0.137. The highest BCUT2D eigenvalue weighted by Crippen LogP contribution is 2.36. The number of hydrogen-bond donors (Lipinski definition) is 0. The quantitative estimate of drug-likeness (QED) is 0.149. The Labute approximate surface area is 227 Å². The summed E-state index contributed by atoms with van der Waals surface area (Å²) in [5.41, 5.74) is 3.89. The fourth-order valence-corrected chi connectivity index (χ4v) is 3.93. The van der Waals surface area contributed by atoms with Crippen LogP contribution in [0.1, 0.15) is 54.7 Å². The van der Waals surface area contributed by atoms with E-state index in [-0.39, 0.29) is 17.4 Å². The summed E-state index contributed by atoms with van der Waals surface area (Å²) in [5, 5.41) is 0. The van der Waals surface area contributed by atoms with E-state index in [1.165, 1.54) is 5.56 Å². The summed E-state index contributed by atoms with van der Waals surface area (Å²) in [6.07, 6.45) is 1.61. The molecule has 0 saturated heterocycles. The molecule has 0 amide bonds. The Balaban J connectivity index is 1.92. The second-order valence-corrected chi connectivity index (χ2v) is 9.96. The maximum atomic E-state index is 12.8. The van der Waals surface area contributed by atoms with Crippen LogP contribution < -0.4 is 9.47 Å². The lowest BCUT2D eigenvalue weighted by atomic mass is 10.1. The minimum atomic E-state index is -0.549. The zero-order chi connectivity index (χ0) is 26.9. The van der Waals surface area contributed by atoms with E-state index < -0.39 is 11.9 Å².